The lowest BCUT2D eigenvalue weighted by molar-refractivity contribution is -0.123. The van der Waals surface area contributed by atoms with Crippen LogP contribution in [-0.4, -0.2) is 46.0 Å². The van der Waals surface area contributed by atoms with Crippen LogP contribution in [0.25, 0.3) is 10.2 Å². The Labute approximate surface area is 171 Å². The van der Waals surface area contributed by atoms with Crippen molar-refractivity contribution in [3.05, 3.63) is 26.6 Å². The Balaban J connectivity index is 1.96. The van der Waals surface area contributed by atoms with Crippen molar-refractivity contribution >= 4 is 27.5 Å². The van der Waals surface area contributed by atoms with Crippen LogP contribution in [0, 0.1) is 13.8 Å². The first-order chi connectivity index (χ1) is 13.2. The van der Waals surface area contributed by atoms with Gasteiger partial charge in [-0.25, -0.2) is 4.98 Å². The molecule has 0 unspecified atom stereocenters. The Bertz CT molecular complexity index is 929. The van der Waals surface area contributed by atoms with Crippen molar-refractivity contribution < 1.29 is 4.79 Å². The second-order valence-electron chi connectivity index (χ2n) is 8.52. The van der Waals surface area contributed by atoms with E-state index in [0.29, 0.717) is 13.1 Å². The number of thiophene rings is 1. The molecule has 2 aromatic heterocycles. The number of hydrogen-bond acceptors (Lipinski definition) is 5. The van der Waals surface area contributed by atoms with Gasteiger partial charge in [0.25, 0.3) is 5.56 Å². The molecule has 28 heavy (non-hydrogen) atoms. The van der Waals surface area contributed by atoms with Gasteiger partial charge in [0.2, 0.25) is 5.91 Å². The number of likely N-dealkylation sites (tertiary alicyclic amines) is 1. The zero-order valence-electron chi connectivity index (χ0n) is 17.8. The maximum Gasteiger partial charge on any atom is 0.262 e. The highest BCUT2D eigenvalue weighted by molar-refractivity contribution is 7.18. The van der Waals surface area contributed by atoms with Gasteiger partial charge in [-0.2, -0.15) is 0 Å². The predicted octanol–water partition coefficient (Wildman–Crippen LogP) is 3.36. The molecule has 0 bridgehead atoms. The molecule has 0 radical (unpaired) electrons. The fraction of sp³-hybridized carbons (Fsp3) is 0.667. The number of piperidine rings is 1. The lowest BCUT2D eigenvalue weighted by Gasteiger charge is -2.34. The van der Waals surface area contributed by atoms with Crippen molar-refractivity contribution in [2.24, 2.45) is 0 Å². The van der Waals surface area contributed by atoms with Crippen LogP contribution in [0.5, 0.6) is 0 Å². The monoisotopic (exact) mass is 404 g/mol. The zero-order chi connectivity index (χ0) is 20.6. The first kappa shape index (κ1) is 21.0. The van der Waals surface area contributed by atoms with Crippen LogP contribution >= 0.6 is 11.3 Å². The lowest BCUT2D eigenvalue weighted by Crippen LogP contribution is -2.46. The molecule has 0 spiro atoms. The van der Waals surface area contributed by atoms with Gasteiger partial charge in [0, 0.05) is 23.4 Å². The van der Waals surface area contributed by atoms with Crippen molar-refractivity contribution in [2.45, 2.75) is 72.4 Å². The molecule has 1 fully saturated rings. The van der Waals surface area contributed by atoms with E-state index >= 15 is 0 Å². The van der Waals surface area contributed by atoms with Crippen LogP contribution in [-0.2, 0) is 4.79 Å². The van der Waals surface area contributed by atoms with Gasteiger partial charge in [-0.3, -0.25) is 19.1 Å². The van der Waals surface area contributed by atoms with Gasteiger partial charge in [-0.1, -0.05) is 13.8 Å². The highest BCUT2D eigenvalue weighted by Crippen LogP contribution is 2.30. The molecular weight excluding hydrogens is 372 g/mol. The number of amides is 1. The smallest absolute Gasteiger partial charge is 0.262 e. The summed E-state index contributed by atoms with van der Waals surface area (Å²) in [5.74, 6) is 1.07. The summed E-state index contributed by atoms with van der Waals surface area (Å²) in [6.45, 7) is 14.2. The Kier molecular flexibility index (Phi) is 6.25. The molecule has 1 amide bonds. The number of nitrogens with one attached hydrogen (secondary N) is 1. The molecule has 154 valence electrons. The number of carbonyl (C=O) groups excluding carboxylic acids is 1. The second-order valence-corrected chi connectivity index (χ2v) is 9.72. The van der Waals surface area contributed by atoms with Crippen LogP contribution in [0.1, 0.15) is 68.8 Å². The highest BCUT2D eigenvalue weighted by atomic mass is 32.1. The van der Waals surface area contributed by atoms with E-state index in [-0.39, 0.29) is 29.5 Å². The summed E-state index contributed by atoms with van der Waals surface area (Å²) in [6, 6.07) is 0.196. The summed E-state index contributed by atoms with van der Waals surface area (Å²) in [5.41, 5.74) is 1.12. The number of aryl methyl sites for hydroxylation is 2. The average molecular weight is 405 g/mol. The van der Waals surface area contributed by atoms with Gasteiger partial charge in [0.15, 0.2) is 0 Å². The van der Waals surface area contributed by atoms with E-state index in [1.807, 2.05) is 25.3 Å². The van der Waals surface area contributed by atoms with Crippen LogP contribution < -0.4 is 10.9 Å². The minimum Gasteiger partial charge on any atom is -0.353 e. The first-order valence-electron chi connectivity index (χ1n) is 10.2. The number of rotatable bonds is 5. The SMILES string of the molecule is Cc1sc2nc(C(C)C)n([C@H]3CCCN(CC(=O)NC(C)C)C3)c(=O)c2c1C. The highest BCUT2D eigenvalue weighted by Gasteiger charge is 2.28. The lowest BCUT2D eigenvalue weighted by atomic mass is 10.0. The van der Waals surface area contributed by atoms with E-state index in [1.165, 1.54) is 0 Å². The minimum atomic E-state index is 0.0463. The Morgan fingerprint density at radius 2 is 2.00 bits per heavy atom. The number of hydrogen-bond donors (Lipinski definition) is 1. The summed E-state index contributed by atoms with van der Waals surface area (Å²) < 4.78 is 1.93. The third-order valence-electron chi connectivity index (χ3n) is 5.44. The van der Waals surface area contributed by atoms with E-state index in [4.69, 9.17) is 4.98 Å². The van der Waals surface area contributed by atoms with Crippen LogP contribution in [0.4, 0.5) is 0 Å². The summed E-state index contributed by atoms with van der Waals surface area (Å²) in [4.78, 5) is 34.8. The zero-order valence-corrected chi connectivity index (χ0v) is 18.7. The van der Waals surface area contributed by atoms with Gasteiger partial charge in [0.05, 0.1) is 18.0 Å². The molecule has 2 aromatic rings. The molecule has 1 N–H and O–H groups in total. The molecule has 1 aliphatic rings. The van der Waals surface area contributed by atoms with Gasteiger partial charge < -0.3 is 5.32 Å². The summed E-state index contributed by atoms with van der Waals surface area (Å²) in [7, 11) is 0. The van der Waals surface area contributed by atoms with Gasteiger partial charge in [0.1, 0.15) is 10.7 Å². The van der Waals surface area contributed by atoms with E-state index in [9.17, 15) is 9.59 Å². The third-order valence-corrected chi connectivity index (χ3v) is 6.54. The van der Waals surface area contributed by atoms with Gasteiger partial charge in [-0.15, -0.1) is 11.3 Å². The van der Waals surface area contributed by atoms with Crippen LogP contribution in [0.2, 0.25) is 0 Å². The molecule has 1 aliphatic heterocycles. The number of aromatic nitrogens is 2. The minimum absolute atomic E-state index is 0.0463. The maximum absolute atomic E-state index is 13.5. The molecule has 0 saturated carbocycles. The molecule has 7 heteroatoms. The predicted molar refractivity (Wildman–Crippen MR) is 115 cm³/mol. The van der Waals surface area contributed by atoms with Gasteiger partial charge >= 0.3 is 0 Å². The average Bonchev–Trinajstić information content (AvgIpc) is 2.88. The Morgan fingerprint density at radius 1 is 1.29 bits per heavy atom. The van der Waals surface area contributed by atoms with E-state index in [2.05, 4.69) is 31.0 Å². The molecule has 1 saturated heterocycles. The van der Waals surface area contributed by atoms with Crippen molar-refractivity contribution in [3.63, 3.8) is 0 Å². The van der Waals surface area contributed by atoms with Crippen LogP contribution in [0.3, 0.4) is 0 Å². The van der Waals surface area contributed by atoms with Crippen LogP contribution in [0.15, 0.2) is 4.79 Å². The third kappa shape index (κ3) is 4.15. The number of carbonyl (C=O) groups is 1. The number of nitrogens with zero attached hydrogens (tertiary/aromatic N) is 3. The van der Waals surface area contributed by atoms with E-state index in [1.54, 1.807) is 11.3 Å². The van der Waals surface area contributed by atoms with Crippen molar-refractivity contribution in [3.8, 4) is 0 Å². The molecule has 0 aromatic carbocycles. The molecule has 3 heterocycles. The van der Waals surface area contributed by atoms with Crippen molar-refractivity contribution in [1.82, 2.24) is 19.8 Å². The summed E-state index contributed by atoms with van der Waals surface area (Å²) in [5, 5.41) is 3.73. The number of fused-ring (bicyclic) bond motifs is 1. The topological polar surface area (TPSA) is 67.2 Å². The largest absolute Gasteiger partial charge is 0.353 e. The van der Waals surface area contributed by atoms with Gasteiger partial charge in [-0.05, 0) is 52.6 Å². The standard InChI is InChI=1S/C21H32N4O2S/c1-12(2)19-23-20-18(14(5)15(6)28-20)21(27)25(19)16-8-7-9-24(10-16)11-17(26)22-13(3)4/h12-13,16H,7-11H2,1-6H3,(H,22,26)/t16-/m0/s1. The normalized spacial score (nSPS) is 18.4. The quantitative estimate of drug-likeness (QED) is 0.830. The Hall–Kier alpha value is -1.73. The summed E-state index contributed by atoms with van der Waals surface area (Å²) in [6.07, 6.45) is 1.92. The molecular formula is C21H32N4O2S. The summed E-state index contributed by atoms with van der Waals surface area (Å²) >= 11 is 1.61. The first-order valence-corrected chi connectivity index (χ1v) is 11.0. The van der Waals surface area contributed by atoms with Crippen molar-refractivity contribution in [1.29, 1.82) is 0 Å². The van der Waals surface area contributed by atoms with Crippen molar-refractivity contribution in [2.75, 3.05) is 19.6 Å². The second kappa shape index (κ2) is 8.33. The molecule has 6 nitrogen and oxygen atoms in total. The maximum atomic E-state index is 13.5. The molecule has 0 aliphatic carbocycles. The Morgan fingerprint density at radius 3 is 2.64 bits per heavy atom. The van der Waals surface area contributed by atoms with E-state index < -0.39 is 0 Å². The fourth-order valence-electron chi connectivity index (χ4n) is 4.04. The molecule has 3 rings (SSSR count). The van der Waals surface area contributed by atoms with E-state index in [0.717, 1.165) is 45.9 Å². The fourth-order valence-corrected chi connectivity index (χ4v) is 5.07. The molecule has 1 atom stereocenters.